The van der Waals surface area contributed by atoms with E-state index in [0.717, 1.165) is 25.2 Å². The van der Waals surface area contributed by atoms with Crippen LogP contribution in [0.2, 0.25) is 5.02 Å². The molecule has 0 aliphatic heterocycles. The van der Waals surface area contributed by atoms with Gasteiger partial charge in [-0.3, -0.25) is 10.2 Å². The Morgan fingerprint density at radius 2 is 1.66 bits per heavy atom. The molecule has 2 aromatic rings. The van der Waals surface area contributed by atoms with Crippen LogP contribution in [-0.4, -0.2) is 35.8 Å². The Labute approximate surface area is 226 Å². The lowest BCUT2D eigenvalue weighted by Gasteiger charge is -2.25. The van der Waals surface area contributed by atoms with E-state index >= 15 is 0 Å². The molecule has 2 aromatic carbocycles. The molecular formula is C24H21BrClF7N2O3. The molecule has 0 aliphatic carbocycles. The molecule has 1 N–H and O–H groups in total. The van der Waals surface area contributed by atoms with E-state index in [9.17, 15) is 40.3 Å². The number of carbonyl (C=O) groups excluding carboxylic acids is 2. The standard InChI is InChI=1S/C24H21BrClF7N2O3/c1-22(2,3)38-21(37)35(4)34-20(36)14-7-5-13(9-16(14)24(31,32)33)19(27)11-15(23(28,29)30)12-6-8-18(26)17(25)10-12/h5-11,15H,1-4H3,(H,34,36)/b19-11-. The summed E-state index contributed by atoms with van der Waals surface area (Å²) in [6.07, 6.45) is -11.1. The zero-order chi connectivity index (χ0) is 29.2. The van der Waals surface area contributed by atoms with Crippen LogP contribution in [0.1, 0.15) is 53.7 Å². The number of hydrazine groups is 1. The van der Waals surface area contributed by atoms with E-state index in [1.165, 1.54) is 20.8 Å². The summed E-state index contributed by atoms with van der Waals surface area (Å²) in [6, 6.07) is 4.68. The number of allylic oxidation sites excluding steroid dienone is 1. The first kappa shape index (κ1) is 31.4. The van der Waals surface area contributed by atoms with Gasteiger partial charge in [0.05, 0.1) is 16.1 Å². The van der Waals surface area contributed by atoms with Gasteiger partial charge in [-0.05, 0) is 72.6 Å². The number of ether oxygens (including phenoxy) is 1. The first-order valence-corrected chi connectivity index (χ1v) is 11.8. The zero-order valence-electron chi connectivity index (χ0n) is 20.2. The molecule has 1 atom stereocenters. The molecule has 0 spiro atoms. The lowest BCUT2D eigenvalue weighted by atomic mass is 9.95. The van der Waals surface area contributed by atoms with E-state index in [0.29, 0.717) is 17.1 Å². The van der Waals surface area contributed by atoms with E-state index in [4.69, 9.17) is 16.3 Å². The van der Waals surface area contributed by atoms with Gasteiger partial charge in [-0.25, -0.2) is 14.2 Å². The molecule has 2 amide bonds. The number of alkyl halides is 6. The maximum atomic E-state index is 14.9. The summed E-state index contributed by atoms with van der Waals surface area (Å²) < 4.78 is 102. The van der Waals surface area contributed by atoms with Crippen molar-refractivity contribution in [3.05, 3.63) is 74.2 Å². The molecule has 0 bridgehead atoms. The zero-order valence-corrected chi connectivity index (χ0v) is 22.5. The minimum atomic E-state index is -5.20. The van der Waals surface area contributed by atoms with Crippen molar-refractivity contribution >= 4 is 45.4 Å². The molecule has 0 aromatic heterocycles. The van der Waals surface area contributed by atoms with Crippen LogP contribution >= 0.6 is 27.5 Å². The highest BCUT2D eigenvalue weighted by Crippen LogP contribution is 2.41. The smallest absolute Gasteiger partial charge is 0.428 e. The number of hydrogen-bond donors (Lipinski definition) is 1. The molecule has 0 radical (unpaired) electrons. The second-order valence-corrected chi connectivity index (χ2v) is 10.2. The van der Waals surface area contributed by atoms with Crippen LogP contribution < -0.4 is 5.43 Å². The van der Waals surface area contributed by atoms with Crippen LogP contribution in [0.3, 0.4) is 0 Å². The largest absolute Gasteiger partial charge is 0.442 e. The number of amides is 2. The molecule has 38 heavy (non-hydrogen) atoms. The van der Waals surface area contributed by atoms with Crippen LogP contribution in [0.4, 0.5) is 35.5 Å². The van der Waals surface area contributed by atoms with Gasteiger partial charge in [0, 0.05) is 17.1 Å². The van der Waals surface area contributed by atoms with Gasteiger partial charge < -0.3 is 4.74 Å². The summed E-state index contributed by atoms with van der Waals surface area (Å²) in [7, 11) is 1.03. The average molecular weight is 634 g/mol. The minimum Gasteiger partial charge on any atom is -0.442 e. The van der Waals surface area contributed by atoms with E-state index in [1.807, 2.05) is 5.43 Å². The van der Waals surface area contributed by atoms with Crippen molar-refractivity contribution in [1.82, 2.24) is 10.4 Å². The van der Waals surface area contributed by atoms with Gasteiger partial charge in [-0.1, -0.05) is 23.7 Å². The number of carbonyl (C=O) groups is 2. The fourth-order valence-electron chi connectivity index (χ4n) is 3.04. The summed E-state index contributed by atoms with van der Waals surface area (Å²) in [4.78, 5) is 24.5. The van der Waals surface area contributed by atoms with Crippen LogP contribution in [0.15, 0.2) is 46.9 Å². The third-order valence-electron chi connectivity index (χ3n) is 4.75. The van der Waals surface area contributed by atoms with Gasteiger partial charge in [-0.2, -0.15) is 26.3 Å². The van der Waals surface area contributed by atoms with Gasteiger partial charge in [0.2, 0.25) is 0 Å². The van der Waals surface area contributed by atoms with Gasteiger partial charge >= 0.3 is 18.4 Å². The molecule has 208 valence electrons. The Balaban J connectivity index is 2.47. The summed E-state index contributed by atoms with van der Waals surface area (Å²) in [5.41, 5.74) is -2.95. The van der Waals surface area contributed by atoms with Crippen molar-refractivity contribution < 1.29 is 45.1 Å². The number of nitrogens with one attached hydrogen (secondary N) is 1. The van der Waals surface area contributed by atoms with Crippen molar-refractivity contribution in [2.24, 2.45) is 0 Å². The molecule has 0 saturated heterocycles. The summed E-state index contributed by atoms with van der Waals surface area (Å²) in [5.74, 6) is -5.52. The highest BCUT2D eigenvalue weighted by atomic mass is 79.9. The quantitative estimate of drug-likeness (QED) is 0.272. The molecule has 0 aliphatic rings. The highest BCUT2D eigenvalue weighted by molar-refractivity contribution is 9.10. The highest BCUT2D eigenvalue weighted by Gasteiger charge is 2.41. The third kappa shape index (κ3) is 8.35. The van der Waals surface area contributed by atoms with Crippen molar-refractivity contribution in [3.63, 3.8) is 0 Å². The summed E-state index contributed by atoms with van der Waals surface area (Å²) in [5, 5.41) is 0.612. The first-order chi connectivity index (χ1) is 17.2. The maximum absolute atomic E-state index is 14.9. The normalized spacial score (nSPS) is 13.7. The van der Waals surface area contributed by atoms with E-state index in [1.54, 1.807) is 0 Å². The summed E-state index contributed by atoms with van der Waals surface area (Å²) >= 11 is 8.77. The minimum absolute atomic E-state index is 0.0973. The number of rotatable bonds is 4. The van der Waals surface area contributed by atoms with Crippen molar-refractivity contribution in [2.75, 3.05) is 7.05 Å². The van der Waals surface area contributed by atoms with Crippen molar-refractivity contribution in [3.8, 4) is 0 Å². The van der Waals surface area contributed by atoms with Gasteiger partial charge in [0.1, 0.15) is 17.3 Å². The molecule has 1 unspecified atom stereocenters. The van der Waals surface area contributed by atoms with E-state index < -0.39 is 64.0 Å². The molecule has 5 nitrogen and oxygen atoms in total. The van der Waals surface area contributed by atoms with Gasteiger partial charge in [0.25, 0.3) is 5.91 Å². The summed E-state index contributed by atoms with van der Waals surface area (Å²) in [6.45, 7) is 4.58. The lowest BCUT2D eigenvalue weighted by molar-refractivity contribution is -0.140. The van der Waals surface area contributed by atoms with Crippen LogP contribution in [0, 0.1) is 0 Å². The molecule has 0 heterocycles. The Hall–Kier alpha value is -2.80. The topological polar surface area (TPSA) is 58.6 Å². The predicted molar refractivity (Wildman–Crippen MR) is 130 cm³/mol. The molecule has 2 rings (SSSR count). The van der Waals surface area contributed by atoms with Crippen LogP contribution in [0.5, 0.6) is 0 Å². The van der Waals surface area contributed by atoms with E-state index in [2.05, 4.69) is 15.9 Å². The number of hydrogen-bond acceptors (Lipinski definition) is 3. The van der Waals surface area contributed by atoms with Gasteiger partial charge in [0.15, 0.2) is 0 Å². The van der Waals surface area contributed by atoms with Gasteiger partial charge in [-0.15, -0.1) is 0 Å². The Morgan fingerprint density at radius 3 is 2.16 bits per heavy atom. The number of nitrogens with zero attached hydrogens (tertiary/aromatic N) is 1. The molecule has 0 saturated carbocycles. The number of benzene rings is 2. The second kappa shape index (κ2) is 11.5. The Bertz CT molecular complexity index is 1240. The second-order valence-electron chi connectivity index (χ2n) is 8.95. The average Bonchev–Trinajstić information content (AvgIpc) is 2.76. The first-order valence-electron chi connectivity index (χ1n) is 10.6. The molecular weight excluding hydrogens is 613 g/mol. The Morgan fingerprint density at radius 1 is 1.05 bits per heavy atom. The number of halogens is 9. The van der Waals surface area contributed by atoms with Crippen LogP contribution in [-0.2, 0) is 10.9 Å². The molecule has 0 fully saturated rings. The monoisotopic (exact) mass is 632 g/mol. The van der Waals surface area contributed by atoms with Crippen molar-refractivity contribution in [1.29, 1.82) is 0 Å². The maximum Gasteiger partial charge on any atom is 0.428 e. The SMILES string of the molecule is CN(NC(=O)c1ccc(/C(F)=C/C(c2ccc(Cl)c(Br)c2)C(F)(F)F)cc1C(F)(F)F)C(=O)OC(C)(C)C. The Kier molecular flexibility index (Phi) is 9.53. The van der Waals surface area contributed by atoms with Crippen molar-refractivity contribution in [2.45, 2.75) is 44.6 Å². The van der Waals surface area contributed by atoms with Crippen LogP contribution in [0.25, 0.3) is 5.83 Å². The van der Waals surface area contributed by atoms with E-state index in [-0.39, 0.29) is 21.6 Å². The lowest BCUT2D eigenvalue weighted by Crippen LogP contribution is -2.46. The fraction of sp³-hybridized carbons (Fsp3) is 0.333. The fourth-order valence-corrected chi connectivity index (χ4v) is 3.56. The molecule has 14 heteroatoms. The third-order valence-corrected chi connectivity index (χ3v) is 5.96. The predicted octanol–water partition coefficient (Wildman–Crippen LogP) is 8.29.